The van der Waals surface area contributed by atoms with Crippen LogP contribution in [0.25, 0.3) is 0 Å². The van der Waals surface area contributed by atoms with E-state index in [1.165, 1.54) is 22.9 Å². The van der Waals surface area contributed by atoms with Crippen LogP contribution in [0.4, 0.5) is 5.69 Å². The Labute approximate surface area is 204 Å². The highest BCUT2D eigenvalue weighted by molar-refractivity contribution is 8.05. The number of anilines is 1. The van der Waals surface area contributed by atoms with Crippen molar-refractivity contribution in [1.29, 1.82) is 5.26 Å². The monoisotopic (exact) mass is 497 g/mol. The number of benzene rings is 2. The summed E-state index contributed by atoms with van der Waals surface area (Å²) >= 11 is 13.3. The van der Waals surface area contributed by atoms with Crippen LogP contribution in [0.1, 0.15) is 11.3 Å². The molecule has 166 valence electrons. The Balaban J connectivity index is 1.66. The van der Waals surface area contributed by atoms with Crippen molar-refractivity contribution in [2.75, 3.05) is 4.90 Å². The molecule has 1 fully saturated rings. The van der Waals surface area contributed by atoms with E-state index in [1.54, 1.807) is 54.6 Å². The number of furan rings is 1. The fourth-order valence-electron chi connectivity index (χ4n) is 3.35. The third-order valence-corrected chi connectivity index (χ3v) is 6.93. The number of thioether (sulfide) groups is 1. The number of carbonyl (C=O) groups excluding carboxylic acids is 2. The minimum atomic E-state index is -0.583. The van der Waals surface area contributed by atoms with Gasteiger partial charge in [0.1, 0.15) is 22.4 Å². The Kier molecular flexibility index (Phi) is 7.09. The van der Waals surface area contributed by atoms with Crippen LogP contribution in [-0.2, 0) is 22.6 Å². The molecule has 1 atom stereocenters. The van der Waals surface area contributed by atoms with Gasteiger partial charge in [0.25, 0.3) is 5.91 Å². The molecule has 1 aromatic heterocycles. The van der Waals surface area contributed by atoms with Crippen LogP contribution in [0, 0.1) is 11.3 Å². The van der Waals surface area contributed by atoms with Gasteiger partial charge in [-0.05, 0) is 48.4 Å². The van der Waals surface area contributed by atoms with Crippen molar-refractivity contribution < 1.29 is 14.0 Å². The lowest BCUT2D eigenvalue weighted by Crippen LogP contribution is -2.32. The molecule has 6 nitrogen and oxygen atoms in total. The molecule has 0 bridgehead atoms. The minimum absolute atomic E-state index is 0.126. The van der Waals surface area contributed by atoms with Crippen molar-refractivity contribution in [3.05, 3.63) is 98.9 Å². The van der Waals surface area contributed by atoms with Gasteiger partial charge in [-0.15, -0.1) is 0 Å². The lowest BCUT2D eigenvalue weighted by molar-refractivity contribution is -0.117. The van der Waals surface area contributed by atoms with E-state index in [0.717, 1.165) is 5.56 Å². The largest absolute Gasteiger partial charge is 0.467 e. The zero-order chi connectivity index (χ0) is 23.4. The third kappa shape index (κ3) is 5.09. The van der Waals surface area contributed by atoms with Gasteiger partial charge in [-0.1, -0.05) is 59.2 Å². The Bertz CT molecular complexity index is 1250. The van der Waals surface area contributed by atoms with Crippen molar-refractivity contribution in [2.24, 2.45) is 0 Å². The van der Waals surface area contributed by atoms with Gasteiger partial charge in [0.15, 0.2) is 0 Å². The summed E-state index contributed by atoms with van der Waals surface area (Å²) in [6.07, 6.45) is 1.86. The molecular formula is C24H17Cl2N3O3S. The molecule has 1 aliphatic rings. The number of nitriles is 1. The van der Waals surface area contributed by atoms with Crippen molar-refractivity contribution in [2.45, 2.75) is 18.2 Å². The molecule has 0 aliphatic carbocycles. The molecule has 33 heavy (non-hydrogen) atoms. The zero-order valence-corrected chi connectivity index (χ0v) is 19.5. The highest BCUT2D eigenvalue weighted by atomic mass is 35.5. The van der Waals surface area contributed by atoms with Crippen LogP contribution in [0.5, 0.6) is 0 Å². The standard InChI is InChI=1S/C24H17Cl2N3O3S/c25-19-9-8-15(11-20(19)26)12-21-23(31)29(16-5-2-1-3-6-16)24(33-21)18(13-27)22(30)28-14-17-7-4-10-32-17/h1-11,21H,12,14H2,(H,28,30)/b24-18-/t21-/m1/s1. The summed E-state index contributed by atoms with van der Waals surface area (Å²) in [6.45, 7) is 0.126. The maximum absolute atomic E-state index is 13.4. The van der Waals surface area contributed by atoms with Crippen LogP contribution in [-0.4, -0.2) is 17.1 Å². The second-order valence-electron chi connectivity index (χ2n) is 7.12. The number of amides is 2. The number of rotatable bonds is 6. The van der Waals surface area contributed by atoms with Gasteiger partial charge < -0.3 is 9.73 Å². The number of para-hydroxylation sites is 1. The summed E-state index contributed by atoms with van der Waals surface area (Å²) in [5.74, 6) is -0.252. The smallest absolute Gasteiger partial charge is 0.265 e. The van der Waals surface area contributed by atoms with Gasteiger partial charge in [-0.25, -0.2) is 0 Å². The van der Waals surface area contributed by atoms with Crippen LogP contribution in [0.15, 0.2) is 81.9 Å². The molecule has 2 heterocycles. The normalized spacial score (nSPS) is 17.1. The minimum Gasteiger partial charge on any atom is -0.467 e. The summed E-state index contributed by atoms with van der Waals surface area (Å²) in [7, 11) is 0. The SMILES string of the molecule is N#C/C(C(=O)NCc1ccco1)=C1/S[C@H](Cc2ccc(Cl)c(Cl)c2)C(=O)N1c1ccccc1. The highest BCUT2D eigenvalue weighted by Gasteiger charge is 2.40. The van der Waals surface area contributed by atoms with Gasteiger partial charge in [0.2, 0.25) is 5.91 Å². The molecule has 4 rings (SSSR count). The van der Waals surface area contributed by atoms with Gasteiger partial charge in [0.05, 0.1) is 28.1 Å². The molecule has 0 saturated carbocycles. The van der Waals surface area contributed by atoms with E-state index in [4.69, 9.17) is 27.6 Å². The van der Waals surface area contributed by atoms with E-state index in [-0.39, 0.29) is 23.1 Å². The molecule has 1 aliphatic heterocycles. The first-order valence-corrected chi connectivity index (χ1v) is 11.6. The second kappa shape index (κ2) is 10.2. The quantitative estimate of drug-likeness (QED) is 0.367. The molecule has 0 spiro atoms. The fraction of sp³-hybridized carbons (Fsp3) is 0.125. The van der Waals surface area contributed by atoms with Crippen LogP contribution in [0.3, 0.4) is 0 Å². The average molecular weight is 498 g/mol. The third-order valence-electron chi connectivity index (χ3n) is 4.93. The van der Waals surface area contributed by atoms with Crippen LogP contribution < -0.4 is 10.2 Å². The topological polar surface area (TPSA) is 86.3 Å². The number of halogens is 2. The Hall–Kier alpha value is -3.18. The number of carbonyl (C=O) groups is 2. The summed E-state index contributed by atoms with van der Waals surface area (Å²) in [4.78, 5) is 27.7. The van der Waals surface area contributed by atoms with Gasteiger partial charge in [-0.3, -0.25) is 14.5 Å². The van der Waals surface area contributed by atoms with E-state index >= 15 is 0 Å². The first-order valence-electron chi connectivity index (χ1n) is 9.92. The van der Waals surface area contributed by atoms with Gasteiger partial charge in [-0.2, -0.15) is 5.26 Å². The molecular weight excluding hydrogens is 481 g/mol. The van der Waals surface area contributed by atoms with E-state index in [0.29, 0.717) is 27.9 Å². The predicted octanol–water partition coefficient (Wildman–Crippen LogP) is 5.33. The van der Waals surface area contributed by atoms with E-state index in [2.05, 4.69) is 5.32 Å². The van der Waals surface area contributed by atoms with Crippen molar-refractivity contribution in [1.82, 2.24) is 5.32 Å². The molecule has 0 radical (unpaired) electrons. The number of hydrogen-bond acceptors (Lipinski definition) is 5. The van der Waals surface area contributed by atoms with E-state index in [9.17, 15) is 14.9 Å². The Morgan fingerprint density at radius 2 is 1.91 bits per heavy atom. The number of nitrogens with one attached hydrogen (secondary N) is 1. The average Bonchev–Trinajstić information content (AvgIpc) is 3.44. The first kappa shape index (κ1) is 23.0. The summed E-state index contributed by atoms with van der Waals surface area (Å²) in [5, 5.41) is 13.1. The maximum Gasteiger partial charge on any atom is 0.265 e. The molecule has 1 N–H and O–H groups in total. The fourth-order valence-corrected chi connectivity index (χ4v) is 4.98. The highest BCUT2D eigenvalue weighted by Crippen LogP contribution is 2.42. The van der Waals surface area contributed by atoms with Crippen molar-refractivity contribution in [3.8, 4) is 6.07 Å². The van der Waals surface area contributed by atoms with Crippen LogP contribution >= 0.6 is 35.0 Å². The molecule has 1 saturated heterocycles. The lowest BCUT2D eigenvalue weighted by Gasteiger charge is -2.18. The molecule has 2 amide bonds. The van der Waals surface area contributed by atoms with E-state index in [1.807, 2.05) is 12.1 Å². The van der Waals surface area contributed by atoms with Crippen molar-refractivity contribution >= 4 is 52.5 Å². The molecule has 3 aromatic rings. The van der Waals surface area contributed by atoms with E-state index < -0.39 is 11.2 Å². The summed E-state index contributed by atoms with van der Waals surface area (Å²) < 4.78 is 5.23. The number of hydrogen-bond donors (Lipinski definition) is 1. The summed E-state index contributed by atoms with van der Waals surface area (Å²) in [6, 6.07) is 19.5. The van der Waals surface area contributed by atoms with Crippen molar-refractivity contribution in [3.63, 3.8) is 0 Å². The predicted molar refractivity (Wildman–Crippen MR) is 129 cm³/mol. The molecule has 2 aromatic carbocycles. The molecule has 9 heteroatoms. The maximum atomic E-state index is 13.4. The first-order chi connectivity index (χ1) is 16.0. The summed E-state index contributed by atoms with van der Waals surface area (Å²) in [5.41, 5.74) is 1.26. The number of nitrogens with zero attached hydrogens (tertiary/aromatic N) is 2. The second-order valence-corrected chi connectivity index (χ2v) is 9.13. The lowest BCUT2D eigenvalue weighted by atomic mass is 10.1. The Morgan fingerprint density at radius 3 is 2.58 bits per heavy atom. The molecule has 0 unspecified atom stereocenters. The van der Waals surface area contributed by atoms with Crippen LogP contribution in [0.2, 0.25) is 10.0 Å². The van der Waals surface area contributed by atoms with Gasteiger partial charge in [0, 0.05) is 5.69 Å². The Morgan fingerprint density at radius 1 is 1.12 bits per heavy atom. The zero-order valence-electron chi connectivity index (χ0n) is 17.1. The van der Waals surface area contributed by atoms with Gasteiger partial charge >= 0.3 is 0 Å².